The Kier molecular flexibility index (Phi) is 5.40. The Labute approximate surface area is 139 Å². The highest BCUT2D eigenvalue weighted by atomic mass is 32.2. The largest absolute Gasteiger partial charge is 0.497 e. The number of anilines is 1. The van der Waals surface area contributed by atoms with E-state index in [-0.39, 0.29) is 10.6 Å². The quantitative estimate of drug-likeness (QED) is 0.860. The van der Waals surface area contributed by atoms with Gasteiger partial charge in [-0.1, -0.05) is 6.07 Å². The topological polar surface area (TPSA) is 75.7 Å². The number of benzene rings is 2. The van der Waals surface area contributed by atoms with Gasteiger partial charge in [-0.2, -0.15) is 0 Å². The fourth-order valence-corrected chi connectivity index (χ4v) is 3.44. The van der Waals surface area contributed by atoms with E-state index in [9.17, 15) is 17.6 Å². The van der Waals surface area contributed by atoms with Crippen molar-refractivity contribution in [1.82, 2.24) is 5.32 Å². The zero-order valence-corrected chi connectivity index (χ0v) is 14.0. The number of methoxy groups -OCH3 is 1. The number of nitrogens with one attached hydrogen (secondary N) is 1. The van der Waals surface area contributed by atoms with Crippen LogP contribution in [0.25, 0.3) is 0 Å². The molecule has 0 aliphatic rings. The van der Waals surface area contributed by atoms with Crippen LogP contribution in [0.1, 0.15) is 0 Å². The summed E-state index contributed by atoms with van der Waals surface area (Å²) in [6.45, 7) is -0.413. The standard InChI is InChI=1S/C16H17FN2O4S/c1-18-16(20)11-19(13-4-3-5-14(10-13)23-2)24(21,22)15-8-6-12(17)7-9-15/h3-10H,11H2,1-2H3,(H,18,20). The number of rotatable bonds is 6. The molecule has 0 radical (unpaired) electrons. The maximum Gasteiger partial charge on any atom is 0.264 e. The molecule has 0 saturated carbocycles. The highest BCUT2D eigenvalue weighted by Gasteiger charge is 2.27. The number of carbonyl (C=O) groups excluding carboxylic acids is 1. The van der Waals surface area contributed by atoms with Crippen LogP contribution in [0.3, 0.4) is 0 Å². The Balaban J connectivity index is 2.52. The second-order valence-corrected chi connectivity index (χ2v) is 6.70. The number of amides is 1. The highest BCUT2D eigenvalue weighted by Crippen LogP contribution is 2.26. The predicted molar refractivity (Wildman–Crippen MR) is 88.0 cm³/mol. The molecule has 0 atom stereocenters. The Bertz CT molecular complexity index is 822. The van der Waals surface area contributed by atoms with Crippen molar-refractivity contribution in [1.29, 1.82) is 0 Å². The van der Waals surface area contributed by atoms with E-state index in [4.69, 9.17) is 4.74 Å². The van der Waals surface area contributed by atoms with Gasteiger partial charge in [-0.3, -0.25) is 9.10 Å². The summed E-state index contributed by atoms with van der Waals surface area (Å²) in [7, 11) is -1.18. The van der Waals surface area contributed by atoms with Gasteiger partial charge in [0, 0.05) is 13.1 Å². The van der Waals surface area contributed by atoms with E-state index in [0.29, 0.717) is 5.75 Å². The van der Waals surface area contributed by atoms with Gasteiger partial charge in [0.25, 0.3) is 10.0 Å². The smallest absolute Gasteiger partial charge is 0.264 e. The van der Waals surface area contributed by atoms with Crippen LogP contribution in [-0.4, -0.2) is 35.0 Å². The molecule has 24 heavy (non-hydrogen) atoms. The zero-order chi connectivity index (χ0) is 17.7. The van der Waals surface area contributed by atoms with Gasteiger partial charge in [-0.05, 0) is 36.4 Å². The van der Waals surface area contributed by atoms with Crippen molar-refractivity contribution >= 4 is 21.6 Å². The van der Waals surface area contributed by atoms with E-state index >= 15 is 0 Å². The van der Waals surface area contributed by atoms with Gasteiger partial charge >= 0.3 is 0 Å². The number of nitrogens with zero attached hydrogens (tertiary/aromatic N) is 1. The minimum absolute atomic E-state index is 0.115. The summed E-state index contributed by atoms with van der Waals surface area (Å²) in [5.74, 6) is -0.583. The summed E-state index contributed by atoms with van der Waals surface area (Å²) in [6, 6.07) is 10.7. The van der Waals surface area contributed by atoms with E-state index in [1.807, 2.05) is 0 Å². The average Bonchev–Trinajstić information content (AvgIpc) is 2.59. The SMILES string of the molecule is CNC(=O)CN(c1cccc(OC)c1)S(=O)(=O)c1ccc(F)cc1. The van der Waals surface area contributed by atoms with Crippen LogP contribution >= 0.6 is 0 Å². The summed E-state index contributed by atoms with van der Waals surface area (Å²) < 4.78 is 44.9. The second kappa shape index (κ2) is 7.31. The van der Waals surface area contributed by atoms with Crippen molar-refractivity contribution in [3.05, 3.63) is 54.3 Å². The third kappa shape index (κ3) is 3.83. The van der Waals surface area contributed by atoms with Gasteiger partial charge in [0.2, 0.25) is 5.91 Å². The lowest BCUT2D eigenvalue weighted by Crippen LogP contribution is -2.39. The maximum atomic E-state index is 13.1. The van der Waals surface area contributed by atoms with Gasteiger partial charge in [0.05, 0.1) is 17.7 Å². The average molecular weight is 352 g/mol. The third-order valence-electron chi connectivity index (χ3n) is 3.31. The van der Waals surface area contributed by atoms with Gasteiger partial charge in [0.1, 0.15) is 18.1 Å². The number of hydrogen-bond donors (Lipinski definition) is 1. The van der Waals surface area contributed by atoms with Crippen molar-refractivity contribution < 1.29 is 22.3 Å². The molecule has 1 N–H and O–H groups in total. The van der Waals surface area contributed by atoms with Gasteiger partial charge in [-0.15, -0.1) is 0 Å². The molecule has 0 aliphatic carbocycles. The summed E-state index contributed by atoms with van der Waals surface area (Å²) in [6.07, 6.45) is 0. The highest BCUT2D eigenvalue weighted by molar-refractivity contribution is 7.92. The maximum absolute atomic E-state index is 13.1. The molecule has 2 aromatic carbocycles. The van der Waals surface area contributed by atoms with E-state index in [2.05, 4.69) is 5.32 Å². The van der Waals surface area contributed by atoms with Crippen LogP contribution < -0.4 is 14.4 Å². The first-order chi connectivity index (χ1) is 11.4. The van der Waals surface area contributed by atoms with Gasteiger partial charge in [0.15, 0.2) is 0 Å². The monoisotopic (exact) mass is 352 g/mol. The number of sulfonamides is 1. The van der Waals surface area contributed by atoms with Crippen LogP contribution in [0.15, 0.2) is 53.4 Å². The minimum atomic E-state index is -4.05. The fourth-order valence-electron chi connectivity index (χ4n) is 2.02. The van der Waals surface area contributed by atoms with Crippen LogP contribution in [0.4, 0.5) is 10.1 Å². The number of ether oxygens (including phenoxy) is 1. The summed E-state index contributed by atoms with van der Waals surface area (Å²) in [5, 5.41) is 2.39. The Morgan fingerprint density at radius 1 is 1.21 bits per heavy atom. The van der Waals surface area contributed by atoms with Crippen molar-refractivity contribution in [3.8, 4) is 5.75 Å². The predicted octanol–water partition coefficient (Wildman–Crippen LogP) is 1.78. The molecule has 0 unspecified atom stereocenters. The first kappa shape index (κ1) is 17.7. The molecule has 0 fully saturated rings. The molecule has 0 aromatic heterocycles. The normalized spacial score (nSPS) is 11.0. The number of halogens is 1. The molecule has 128 valence electrons. The van der Waals surface area contributed by atoms with Crippen molar-refractivity contribution in [2.75, 3.05) is 25.0 Å². The first-order valence-corrected chi connectivity index (χ1v) is 8.45. The molecule has 2 rings (SSSR count). The Morgan fingerprint density at radius 2 is 1.88 bits per heavy atom. The lowest BCUT2D eigenvalue weighted by molar-refractivity contribution is -0.119. The fraction of sp³-hybridized carbons (Fsp3) is 0.188. The Morgan fingerprint density at radius 3 is 2.46 bits per heavy atom. The van der Waals surface area contributed by atoms with E-state index < -0.39 is 28.3 Å². The van der Waals surface area contributed by atoms with E-state index in [0.717, 1.165) is 28.6 Å². The van der Waals surface area contributed by atoms with E-state index in [1.54, 1.807) is 18.2 Å². The summed E-state index contributed by atoms with van der Waals surface area (Å²) in [5.41, 5.74) is 0.266. The van der Waals surface area contributed by atoms with Crippen molar-refractivity contribution in [3.63, 3.8) is 0 Å². The Hall–Kier alpha value is -2.61. The molecule has 0 aliphatic heterocycles. The second-order valence-electron chi connectivity index (χ2n) is 4.84. The molecule has 0 saturated heterocycles. The van der Waals surface area contributed by atoms with Gasteiger partial charge < -0.3 is 10.1 Å². The lowest BCUT2D eigenvalue weighted by atomic mass is 10.3. The zero-order valence-electron chi connectivity index (χ0n) is 13.2. The molecule has 1 amide bonds. The number of hydrogen-bond acceptors (Lipinski definition) is 4. The molecule has 0 heterocycles. The molecule has 2 aromatic rings. The number of likely N-dealkylation sites (N-methyl/N-ethyl adjacent to an activating group) is 1. The van der Waals surface area contributed by atoms with Gasteiger partial charge in [-0.25, -0.2) is 12.8 Å². The van der Waals surface area contributed by atoms with Crippen molar-refractivity contribution in [2.24, 2.45) is 0 Å². The van der Waals surface area contributed by atoms with Crippen LogP contribution in [0.2, 0.25) is 0 Å². The molecule has 6 nitrogen and oxygen atoms in total. The summed E-state index contributed by atoms with van der Waals surface area (Å²) in [4.78, 5) is 11.7. The van der Waals surface area contributed by atoms with Crippen LogP contribution in [-0.2, 0) is 14.8 Å². The molecule has 0 spiro atoms. The van der Waals surface area contributed by atoms with Crippen LogP contribution in [0.5, 0.6) is 5.75 Å². The molecule has 8 heteroatoms. The minimum Gasteiger partial charge on any atom is -0.497 e. The number of carbonyl (C=O) groups is 1. The van der Waals surface area contributed by atoms with Crippen molar-refractivity contribution in [2.45, 2.75) is 4.90 Å². The molecule has 0 bridgehead atoms. The molecular formula is C16H17FN2O4S. The lowest BCUT2D eigenvalue weighted by Gasteiger charge is -2.24. The summed E-state index contributed by atoms with van der Waals surface area (Å²) >= 11 is 0. The van der Waals surface area contributed by atoms with Crippen LogP contribution in [0, 0.1) is 5.82 Å². The van der Waals surface area contributed by atoms with E-state index in [1.165, 1.54) is 20.2 Å². The molecular weight excluding hydrogens is 335 g/mol. The third-order valence-corrected chi connectivity index (χ3v) is 5.10. The first-order valence-electron chi connectivity index (χ1n) is 7.01.